The van der Waals surface area contributed by atoms with Crippen molar-refractivity contribution in [3.63, 3.8) is 0 Å². The summed E-state index contributed by atoms with van der Waals surface area (Å²) in [6.07, 6.45) is 13.2. The van der Waals surface area contributed by atoms with Crippen LogP contribution in [0.15, 0.2) is 0 Å². The molecule has 1 heterocycles. The summed E-state index contributed by atoms with van der Waals surface area (Å²) < 4.78 is 0. The Kier molecular flexibility index (Phi) is 7.86. The Morgan fingerprint density at radius 3 is 2.50 bits per heavy atom. The number of amides is 2. The van der Waals surface area contributed by atoms with Gasteiger partial charge < -0.3 is 10.6 Å². The fraction of sp³-hybridized carbons (Fsp3) is 0.933. The van der Waals surface area contributed by atoms with E-state index in [4.69, 9.17) is 5.73 Å². The van der Waals surface area contributed by atoms with Crippen LogP contribution >= 0.6 is 0 Å². The van der Waals surface area contributed by atoms with Gasteiger partial charge in [-0.3, -0.25) is 0 Å². The third-order valence-corrected chi connectivity index (χ3v) is 4.05. The Labute approximate surface area is 112 Å². The summed E-state index contributed by atoms with van der Waals surface area (Å²) in [6.45, 7) is 4.02. The number of piperidine rings is 1. The van der Waals surface area contributed by atoms with E-state index in [9.17, 15) is 4.79 Å². The van der Waals surface area contributed by atoms with Crippen LogP contribution in [0.2, 0.25) is 0 Å². The van der Waals surface area contributed by atoms with Gasteiger partial charge >= 0.3 is 6.03 Å². The Hall–Kier alpha value is -0.730. The van der Waals surface area contributed by atoms with Gasteiger partial charge in [0.2, 0.25) is 0 Å². The number of nitrogens with two attached hydrogens (primary N) is 1. The van der Waals surface area contributed by atoms with Crippen molar-refractivity contribution in [1.29, 1.82) is 0 Å². The Morgan fingerprint density at radius 2 is 1.83 bits per heavy atom. The second-order valence-electron chi connectivity index (χ2n) is 5.70. The Morgan fingerprint density at radius 1 is 1.17 bits per heavy atom. The standard InChI is InChI=1S/C15H30N2O/c1-2-3-4-5-6-7-8-10-14-11-9-12-17(13-14)15(16)18/h14H,2-13H2,1H3,(H2,16,18). The average molecular weight is 254 g/mol. The van der Waals surface area contributed by atoms with Gasteiger partial charge in [-0.05, 0) is 25.2 Å². The first-order valence-electron chi connectivity index (χ1n) is 7.78. The number of hydrogen-bond acceptors (Lipinski definition) is 1. The van der Waals surface area contributed by atoms with Crippen molar-refractivity contribution < 1.29 is 4.79 Å². The molecule has 0 aromatic heterocycles. The minimum Gasteiger partial charge on any atom is -0.351 e. The van der Waals surface area contributed by atoms with E-state index < -0.39 is 0 Å². The van der Waals surface area contributed by atoms with E-state index in [-0.39, 0.29) is 6.03 Å². The van der Waals surface area contributed by atoms with E-state index in [0.717, 1.165) is 19.5 Å². The highest BCUT2D eigenvalue weighted by molar-refractivity contribution is 5.72. The van der Waals surface area contributed by atoms with Crippen LogP contribution in [0, 0.1) is 5.92 Å². The zero-order valence-electron chi connectivity index (χ0n) is 12.0. The maximum atomic E-state index is 11.1. The molecule has 3 nitrogen and oxygen atoms in total. The van der Waals surface area contributed by atoms with Gasteiger partial charge in [-0.1, -0.05) is 51.9 Å². The van der Waals surface area contributed by atoms with E-state index in [1.807, 2.05) is 4.90 Å². The monoisotopic (exact) mass is 254 g/mol. The van der Waals surface area contributed by atoms with Gasteiger partial charge in [0.15, 0.2) is 0 Å². The van der Waals surface area contributed by atoms with Gasteiger partial charge in [0.25, 0.3) is 0 Å². The predicted molar refractivity (Wildman–Crippen MR) is 76.5 cm³/mol. The number of unbranched alkanes of at least 4 members (excludes halogenated alkanes) is 6. The quantitative estimate of drug-likeness (QED) is 0.656. The highest BCUT2D eigenvalue weighted by atomic mass is 16.2. The van der Waals surface area contributed by atoms with Crippen LogP contribution < -0.4 is 5.73 Å². The van der Waals surface area contributed by atoms with E-state index in [1.54, 1.807) is 0 Å². The van der Waals surface area contributed by atoms with Crippen LogP contribution in [0.4, 0.5) is 4.79 Å². The molecule has 1 rings (SSSR count). The normalized spacial score (nSPS) is 20.1. The molecule has 2 N–H and O–H groups in total. The first-order chi connectivity index (χ1) is 8.74. The zero-order chi connectivity index (χ0) is 13.2. The topological polar surface area (TPSA) is 46.3 Å². The fourth-order valence-corrected chi connectivity index (χ4v) is 2.89. The molecule has 18 heavy (non-hydrogen) atoms. The largest absolute Gasteiger partial charge is 0.351 e. The molecule has 0 saturated carbocycles. The van der Waals surface area contributed by atoms with Gasteiger partial charge in [0.05, 0.1) is 0 Å². The van der Waals surface area contributed by atoms with Crippen molar-refractivity contribution in [2.75, 3.05) is 13.1 Å². The molecule has 3 heteroatoms. The fourth-order valence-electron chi connectivity index (χ4n) is 2.89. The van der Waals surface area contributed by atoms with Gasteiger partial charge in [-0.2, -0.15) is 0 Å². The maximum Gasteiger partial charge on any atom is 0.314 e. The molecule has 106 valence electrons. The summed E-state index contributed by atoms with van der Waals surface area (Å²) in [4.78, 5) is 12.9. The molecule has 0 radical (unpaired) electrons. The molecule has 1 saturated heterocycles. The minimum atomic E-state index is -0.237. The SMILES string of the molecule is CCCCCCCCCC1CCCN(C(N)=O)C1. The van der Waals surface area contributed by atoms with Crippen molar-refractivity contribution in [2.24, 2.45) is 11.7 Å². The third kappa shape index (κ3) is 6.27. The van der Waals surface area contributed by atoms with Crippen LogP contribution in [0.3, 0.4) is 0 Å². The number of hydrogen-bond donors (Lipinski definition) is 1. The van der Waals surface area contributed by atoms with Crippen LogP contribution in [0.25, 0.3) is 0 Å². The van der Waals surface area contributed by atoms with Crippen LogP contribution in [-0.4, -0.2) is 24.0 Å². The first kappa shape index (κ1) is 15.3. The molecule has 0 aromatic rings. The lowest BCUT2D eigenvalue weighted by atomic mass is 9.92. The molecule has 1 aliphatic heterocycles. The molecular formula is C15H30N2O. The zero-order valence-corrected chi connectivity index (χ0v) is 12.0. The molecule has 2 amide bonds. The maximum absolute atomic E-state index is 11.1. The number of primary amides is 1. The van der Waals surface area contributed by atoms with Crippen molar-refractivity contribution in [2.45, 2.75) is 71.1 Å². The molecule has 0 aromatic carbocycles. The molecule has 1 fully saturated rings. The number of rotatable bonds is 8. The van der Waals surface area contributed by atoms with Crippen LogP contribution in [0.5, 0.6) is 0 Å². The molecule has 1 aliphatic rings. The smallest absolute Gasteiger partial charge is 0.314 e. The second-order valence-corrected chi connectivity index (χ2v) is 5.70. The van der Waals surface area contributed by atoms with Crippen molar-refractivity contribution in [3.8, 4) is 0 Å². The summed E-state index contributed by atoms with van der Waals surface area (Å²) in [7, 11) is 0. The molecule has 0 aliphatic carbocycles. The van der Waals surface area contributed by atoms with E-state index in [2.05, 4.69) is 6.92 Å². The summed E-state index contributed by atoms with van der Waals surface area (Å²) in [5.74, 6) is 0.696. The lowest BCUT2D eigenvalue weighted by molar-refractivity contribution is 0.169. The van der Waals surface area contributed by atoms with Crippen molar-refractivity contribution >= 4 is 6.03 Å². The minimum absolute atomic E-state index is 0.237. The molecule has 1 unspecified atom stereocenters. The predicted octanol–water partition coefficient (Wildman–Crippen LogP) is 3.92. The number of carbonyl (C=O) groups is 1. The summed E-state index contributed by atoms with van der Waals surface area (Å²) >= 11 is 0. The number of likely N-dealkylation sites (tertiary alicyclic amines) is 1. The lowest BCUT2D eigenvalue weighted by Gasteiger charge is -2.31. The number of urea groups is 1. The van der Waals surface area contributed by atoms with Crippen LogP contribution in [-0.2, 0) is 0 Å². The highest BCUT2D eigenvalue weighted by Gasteiger charge is 2.21. The number of nitrogens with zero attached hydrogens (tertiary/aromatic N) is 1. The highest BCUT2D eigenvalue weighted by Crippen LogP contribution is 2.22. The molecular weight excluding hydrogens is 224 g/mol. The van der Waals surface area contributed by atoms with Crippen molar-refractivity contribution in [3.05, 3.63) is 0 Å². The third-order valence-electron chi connectivity index (χ3n) is 4.05. The van der Waals surface area contributed by atoms with Crippen LogP contribution in [0.1, 0.15) is 71.1 Å². The van der Waals surface area contributed by atoms with Crippen molar-refractivity contribution in [1.82, 2.24) is 4.90 Å². The van der Waals surface area contributed by atoms with Gasteiger partial charge in [-0.25, -0.2) is 4.79 Å². The summed E-state index contributed by atoms with van der Waals surface area (Å²) in [5, 5.41) is 0. The van der Waals surface area contributed by atoms with E-state index >= 15 is 0 Å². The average Bonchev–Trinajstić information content (AvgIpc) is 2.38. The van der Waals surface area contributed by atoms with Gasteiger partial charge in [-0.15, -0.1) is 0 Å². The van der Waals surface area contributed by atoms with Gasteiger partial charge in [0.1, 0.15) is 0 Å². The van der Waals surface area contributed by atoms with E-state index in [1.165, 1.54) is 57.8 Å². The summed E-state index contributed by atoms with van der Waals surface area (Å²) in [5.41, 5.74) is 5.34. The lowest BCUT2D eigenvalue weighted by Crippen LogP contribution is -2.42. The molecule has 1 atom stereocenters. The second kappa shape index (κ2) is 9.23. The molecule has 0 spiro atoms. The Balaban J connectivity index is 2.00. The van der Waals surface area contributed by atoms with Gasteiger partial charge in [0, 0.05) is 13.1 Å². The summed E-state index contributed by atoms with van der Waals surface area (Å²) in [6, 6.07) is -0.237. The Bertz CT molecular complexity index is 231. The van der Waals surface area contributed by atoms with E-state index in [0.29, 0.717) is 5.92 Å². The number of carbonyl (C=O) groups excluding carboxylic acids is 1. The molecule has 0 bridgehead atoms. The first-order valence-corrected chi connectivity index (χ1v) is 7.78.